The van der Waals surface area contributed by atoms with E-state index in [4.69, 9.17) is 5.53 Å². The molecule has 0 amide bonds. The van der Waals surface area contributed by atoms with Crippen molar-refractivity contribution in [3.63, 3.8) is 0 Å². The largest absolute Gasteiger partial charge is 0.324 e. The van der Waals surface area contributed by atoms with Gasteiger partial charge in [0.15, 0.2) is 0 Å². The number of hydrogen-bond acceptors (Lipinski definition) is 1. The maximum absolute atomic E-state index is 8.19. The summed E-state index contributed by atoms with van der Waals surface area (Å²) in [5.74, 6) is 0. The summed E-state index contributed by atoms with van der Waals surface area (Å²) in [6, 6.07) is 11.9. The SMILES string of the molecule is [N-]=[N+]=NCc1ccc(-n2cccc2)cc1. The predicted octanol–water partition coefficient (Wildman–Crippen LogP) is 3.29. The molecular formula is C11H10N4. The smallest absolute Gasteiger partial charge is 0.0510 e. The maximum Gasteiger partial charge on any atom is 0.0510 e. The minimum absolute atomic E-state index is 0.405. The van der Waals surface area contributed by atoms with Gasteiger partial charge in [0.05, 0.1) is 6.54 Å². The van der Waals surface area contributed by atoms with Gasteiger partial charge in [0.2, 0.25) is 0 Å². The van der Waals surface area contributed by atoms with Crippen molar-refractivity contribution >= 4 is 0 Å². The van der Waals surface area contributed by atoms with Crippen molar-refractivity contribution < 1.29 is 0 Å². The van der Waals surface area contributed by atoms with E-state index in [1.54, 1.807) is 0 Å². The molecule has 4 heteroatoms. The van der Waals surface area contributed by atoms with Crippen LogP contribution in [0.1, 0.15) is 5.56 Å². The number of azide groups is 1. The summed E-state index contributed by atoms with van der Waals surface area (Å²) >= 11 is 0. The molecule has 0 aliphatic heterocycles. The number of benzene rings is 1. The second-order valence-electron chi connectivity index (χ2n) is 3.15. The summed E-state index contributed by atoms with van der Waals surface area (Å²) in [4.78, 5) is 2.72. The quantitative estimate of drug-likeness (QED) is 0.413. The van der Waals surface area contributed by atoms with Gasteiger partial charge in [0, 0.05) is 23.0 Å². The van der Waals surface area contributed by atoms with Crippen molar-refractivity contribution in [3.8, 4) is 5.69 Å². The second-order valence-corrected chi connectivity index (χ2v) is 3.15. The molecular weight excluding hydrogens is 188 g/mol. The molecule has 0 spiro atoms. The standard InChI is InChI=1S/C11H10N4/c12-14-13-9-10-3-5-11(6-4-10)15-7-1-2-8-15/h1-8H,9H2. The summed E-state index contributed by atoms with van der Waals surface area (Å²) in [5, 5.41) is 3.51. The lowest BCUT2D eigenvalue weighted by atomic mass is 10.2. The zero-order valence-electron chi connectivity index (χ0n) is 8.11. The zero-order chi connectivity index (χ0) is 10.5. The van der Waals surface area contributed by atoms with Crippen LogP contribution in [0.3, 0.4) is 0 Å². The van der Waals surface area contributed by atoms with Crippen LogP contribution in [-0.2, 0) is 6.54 Å². The fourth-order valence-electron chi connectivity index (χ4n) is 1.39. The van der Waals surface area contributed by atoms with Crippen LogP contribution in [0.2, 0.25) is 0 Å². The Hall–Kier alpha value is -2.19. The minimum Gasteiger partial charge on any atom is -0.324 e. The highest BCUT2D eigenvalue weighted by Gasteiger charge is 1.94. The molecule has 15 heavy (non-hydrogen) atoms. The fraction of sp³-hybridized carbons (Fsp3) is 0.0909. The van der Waals surface area contributed by atoms with Crippen LogP contribution in [0.4, 0.5) is 0 Å². The first-order chi connectivity index (χ1) is 7.40. The molecule has 0 unspecified atom stereocenters. The highest BCUT2D eigenvalue weighted by atomic mass is 15.1. The highest BCUT2D eigenvalue weighted by molar-refractivity contribution is 5.35. The van der Waals surface area contributed by atoms with E-state index < -0.39 is 0 Å². The van der Waals surface area contributed by atoms with Gasteiger partial charge in [0.25, 0.3) is 0 Å². The summed E-state index contributed by atoms with van der Waals surface area (Å²) in [6.45, 7) is 0.405. The van der Waals surface area contributed by atoms with Crippen LogP contribution < -0.4 is 0 Å². The van der Waals surface area contributed by atoms with Gasteiger partial charge in [-0.3, -0.25) is 0 Å². The van der Waals surface area contributed by atoms with Gasteiger partial charge in [0.1, 0.15) is 0 Å². The first-order valence-corrected chi connectivity index (χ1v) is 4.63. The molecule has 0 saturated carbocycles. The second kappa shape index (κ2) is 4.35. The first kappa shape index (κ1) is 9.37. The Morgan fingerprint density at radius 1 is 1.13 bits per heavy atom. The third-order valence-electron chi connectivity index (χ3n) is 2.16. The van der Waals surface area contributed by atoms with E-state index in [1.165, 1.54) is 0 Å². The van der Waals surface area contributed by atoms with E-state index >= 15 is 0 Å². The molecule has 2 rings (SSSR count). The lowest BCUT2D eigenvalue weighted by Crippen LogP contribution is -1.89. The van der Waals surface area contributed by atoms with Gasteiger partial charge in [-0.2, -0.15) is 0 Å². The van der Waals surface area contributed by atoms with Gasteiger partial charge in [-0.1, -0.05) is 17.2 Å². The third-order valence-corrected chi connectivity index (χ3v) is 2.16. The van der Waals surface area contributed by atoms with E-state index in [2.05, 4.69) is 10.0 Å². The van der Waals surface area contributed by atoms with Crippen molar-refractivity contribution in [1.82, 2.24) is 4.57 Å². The van der Waals surface area contributed by atoms with E-state index in [0.717, 1.165) is 11.3 Å². The lowest BCUT2D eigenvalue weighted by Gasteiger charge is -2.03. The normalized spacial score (nSPS) is 9.60. The van der Waals surface area contributed by atoms with Crippen LogP contribution in [-0.4, -0.2) is 4.57 Å². The number of hydrogen-bond donors (Lipinski definition) is 0. The molecule has 1 aromatic carbocycles. The van der Waals surface area contributed by atoms with E-state index in [0.29, 0.717) is 6.54 Å². The lowest BCUT2D eigenvalue weighted by molar-refractivity contribution is 1.03. The van der Waals surface area contributed by atoms with Gasteiger partial charge >= 0.3 is 0 Å². The fourth-order valence-corrected chi connectivity index (χ4v) is 1.39. The van der Waals surface area contributed by atoms with Gasteiger partial charge in [-0.15, -0.1) is 0 Å². The molecule has 0 saturated heterocycles. The van der Waals surface area contributed by atoms with Crippen LogP contribution in [0.5, 0.6) is 0 Å². The van der Waals surface area contributed by atoms with Crippen LogP contribution in [0, 0.1) is 0 Å². The van der Waals surface area contributed by atoms with Crippen molar-refractivity contribution in [2.45, 2.75) is 6.54 Å². The van der Waals surface area contributed by atoms with Crippen molar-refractivity contribution in [3.05, 3.63) is 64.8 Å². The molecule has 0 bridgehead atoms. The van der Waals surface area contributed by atoms with Gasteiger partial charge in [-0.25, -0.2) is 0 Å². The Morgan fingerprint density at radius 3 is 2.40 bits per heavy atom. The molecule has 1 aromatic heterocycles. The molecule has 1 heterocycles. The minimum atomic E-state index is 0.405. The number of nitrogens with zero attached hydrogens (tertiary/aromatic N) is 4. The van der Waals surface area contributed by atoms with Crippen molar-refractivity contribution in [1.29, 1.82) is 0 Å². The molecule has 0 radical (unpaired) electrons. The Bertz CT molecular complexity index is 464. The van der Waals surface area contributed by atoms with Crippen LogP contribution >= 0.6 is 0 Å². The summed E-state index contributed by atoms with van der Waals surface area (Å²) in [6.07, 6.45) is 3.98. The number of aromatic nitrogens is 1. The van der Waals surface area contributed by atoms with E-state index in [1.807, 2.05) is 53.4 Å². The zero-order valence-corrected chi connectivity index (χ0v) is 8.11. The molecule has 74 valence electrons. The summed E-state index contributed by atoms with van der Waals surface area (Å²) in [5.41, 5.74) is 10.3. The maximum atomic E-state index is 8.19. The Labute approximate surface area is 87.4 Å². The van der Waals surface area contributed by atoms with Gasteiger partial charge in [-0.05, 0) is 35.4 Å². The molecule has 4 nitrogen and oxygen atoms in total. The van der Waals surface area contributed by atoms with Crippen LogP contribution in [0.25, 0.3) is 16.1 Å². The van der Waals surface area contributed by atoms with Crippen LogP contribution in [0.15, 0.2) is 53.9 Å². The summed E-state index contributed by atoms with van der Waals surface area (Å²) in [7, 11) is 0. The molecule has 0 aliphatic rings. The van der Waals surface area contributed by atoms with Crippen molar-refractivity contribution in [2.75, 3.05) is 0 Å². The molecule has 0 fully saturated rings. The Kier molecular flexibility index (Phi) is 2.72. The highest BCUT2D eigenvalue weighted by Crippen LogP contribution is 2.10. The number of rotatable bonds is 3. The topological polar surface area (TPSA) is 53.7 Å². The van der Waals surface area contributed by atoms with E-state index in [-0.39, 0.29) is 0 Å². The van der Waals surface area contributed by atoms with E-state index in [9.17, 15) is 0 Å². The average Bonchev–Trinajstić information content (AvgIpc) is 2.80. The monoisotopic (exact) mass is 198 g/mol. The van der Waals surface area contributed by atoms with Gasteiger partial charge < -0.3 is 4.57 Å². The first-order valence-electron chi connectivity index (χ1n) is 4.63. The Balaban J connectivity index is 2.21. The average molecular weight is 198 g/mol. The molecule has 0 N–H and O–H groups in total. The third kappa shape index (κ3) is 2.18. The Morgan fingerprint density at radius 2 is 1.80 bits per heavy atom. The molecule has 0 aliphatic carbocycles. The summed E-state index contributed by atoms with van der Waals surface area (Å²) < 4.78 is 2.03. The predicted molar refractivity (Wildman–Crippen MR) is 58.6 cm³/mol. The molecule has 2 aromatic rings. The molecule has 0 atom stereocenters. The van der Waals surface area contributed by atoms with Crippen molar-refractivity contribution in [2.24, 2.45) is 5.11 Å².